The summed E-state index contributed by atoms with van der Waals surface area (Å²) in [6, 6.07) is 8.09. The van der Waals surface area contributed by atoms with Gasteiger partial charge in [0.1, 0.15) is 18.2 Å². The van der Waals surface area contributed by atoms with Crippen LogP contribution >= 0.6 is 0 Å². The average molecular weight is 275 g/mol. The van der Waals surface area contributed by atoms with Crippen molar-refractivity contribution in [2.45, 2.75) is 0 Å². The van der Waals surface area contributed by atoms with Crippen LogP contribution in [0.2, 0.25) is 0 Å². The molecule has 0 radical (unpaired) electrons. The third-order valence-corrected chi connectivity index (χ3v) is 3.59. The molecule has 0 aromatic heterocycles. The van der Waals surface area contributed by atoms with Crippen LogP contribution in [0.1, 0.15) is 5.56 Å². The summed E-state index contributed by atoms with van der Waals surface area (Å²) < 4.78 is 11.3. The quantitative estimate of drug-likeness (QED) is 0.861. The SMILES string of the molecule is c1ccc(C2=NCCN2)c(OCCN2CCOCC2)c1. The second-order valence-electron chi connectivity index (χ2n) is 4.96. The number of morpholine rings is 1. The molecule has 2 heterocycles. The minimum absolute atomic E-state index is 0.699. The molecule has 5 heteroatoms. The minimum atomic E-state index is 0.699. The maximum atomic E-state index is 5.95. The number of aliphatic imine (C=N–C) groups is 1. The average Bonchev–Trinajstić information content (AvgIpc) is 3.03. The Bertz CT molecular complexity index is 470. The van der Waals surface area contributed by atoms with Crippen molar-refractivity contribution in [3.05, 3.63) is 29.8 Å². The monoisotopic (exact) mass is 275 g/mol. The first kappa shape index (κ1) is 13.4. The van der Waals surface area contributed by atoms with E-state index in [1.54, 1.807) is 0 Å². The molecule has 1 saturated heterocycles. The maximum absolute atomic E-state index is 5.95. The zero-order chi connectivity index (χ0) is 13.6. The second kappa shape index (κ2) is 6.72. The fourth-order valence-corrected chi connectivity index (χ4v) is 2.48. The molecule has 0 aliphatic carbocycles. The Hall–Kier alpha value is -1.59. The molecule has 1 N–H and O–H groups in total. The zero-order valence-corrected chi connectivity index (χ0v) is 11.7. The van der Waals surface area contributed by atoms with Crippen LogP contribution in [0.3, 0.4) is 0 Å². The molecule has 108 valence electrons. The summed E-state index contributed by atoms with van der Waals surface area (Å²) in [5, 5.41) is 3.30. The topological polar surface area (TPSA) is 46.1 Å². The molecule has 1 fully saturated rings. The first-order chi connectivity index (χ1) is 9.93. The lowest BCUT2D eigenvalue weighted by Gasteiger charge is -2.26. The van der Waals surface area contributed by atoms with Crippen molar-refractivity contribution in [1.82, 2.24) is 10.2 Å². The summed E-state index contributed by atoms with van der Waals surface area (Å²) in [5.41, 5.74) is 1.06. The van der Waals surface area contributed by atoms with E-state index in [2.05, 4.69) is 21.3 Å². The minimum Gasteiger partial charge on any atom is -0.491 e. The Balaban J connectivity index is 1.56. The predicted octanol–water partition coefficient (Wildman–Crippen LogP) is 0.747. The molecule has 1 aromatic rings. The van der Waals surface area contributed by atoms with Crippen LogP contribution in [-0.2, 0) is 4.74 Å². The van der Waals surface area contributed by atoms with Gasteiger partial charge >= 0.3 is 0 Å². The Labute approximate surface area is 119 Å². The van der Waals surface area contributed by atoms with E-state index in [1.165, 1.54) is 0 Å². The van der Waals surface area contributed by atoms with Gasteiger partial charge in [-0.3, -0.25) is 9.89 Å². The van der Waals surface area contributed by atoms with Gasteiger partial charge < -0.3 is 14.8 Å². The van der Waals surface area contributed by atoms with Gasteiger partial charge in [-0.1, -0.05) is 12.1 Å². The molecule has 0 atom stereocenters. The zero-order valence-electron chi connectivity index (χ0n) is 11.7. The number of amidine groups is 1. The molecule has 5 nitrogen and oxygen atoms in total. The van der Waals surface area contributed by atoms with E-state index in [-0.39, 0.29) is 0 Å². The Morgan fingerprint density at radius 2 is 2.10 bits per heavy atom. The fourth-order valence-electron chi connectivity index (χ4n) is 2.48. The number of nitrogens with one attached hydrogen (secondary N) is 1. The number of benzene rings is 1. The summed E-state index contributed by atoms with van der Waals surface area (Å²) in [7, 11) is 0. The van der Waals surface area contributed by atoms with Crippen molar-refractivity contribution in [3.8, 4) is 5.75 Å². The first-order valence-corrected chi connectivity index (χ1v) is 7.24. The fraction of sp³-hybridized carbons (Fsp3) is 0.533. The van der Waals surface area contributed by atoms with E-state index < -0.39 is 0 Å². The van der Waals surface area contributed by atoms with Crippen molar-refractivity contribution < 1.29 is 9.47 Å². The number of hydrogen-bond acceptors (Lipinski definition) is 5. The lowest BCUT2D eigenvalue weighted by atomic mass is 10.2. The summed E-state index contributed by atoms with van der Waals surface area (Å²) in [6.07, 6.45) is 0. The van der Waals surface area contributed by atoms with Crippen LogP contribution in [0.25, 0.3) is 0 Å². The first-order valence-electron chi connectivity index (χ1n) is 7.24. The van der Waals surface area contributed by atoms with Gasteiger partial charge in [0.15, 0.2) is 0 Å². The van der Waals surface area contributed by atoms with Crippen LogP contribution < -0.4 is 10.1 Å². The third kappa shape index (κ3) is 3.29. The molecule has 2 aliphatic heterocycles. The third-order valence-electron chi connectivity index (χ3n) is 3.59. The van der Waals surface area contributed by atoms with Gasteiger partial charge in [0.05, 0.1) is 25.3 Å². The molecular formula is C15H21N3O2. The normalized spacial score (nSPS) is 19.5. The molecule has 0 unspecified atom stereocenters. The van der Waals surface area contributed by atoms with E-state index in [0.717, 1.165) is 63.1 Å². The maximum Gasteiger partial charge on any atom is 0.132 e. The van der Waals surface area contributed by atoms with Crippen molar-refractivity contribution in [2.75, 3.05) is 52.5 Å². The predicted molar refractivity (Wildman–Crippen MR) is 78.6 cm³/mol. The number of hydrogen-bond donors (Lipinski definition) is 1. The molecule has 20 heavy (non-hydrogen) atoms. The summed E-state index contributed by atoms with van der Waals surface area (Å²) >= 11 is 0. The molecule has 0 spiro atoms. The van der Waals surface area contributed by atoms with Gasteiger partial charge in [0.2, 0.25) is 0 Å². The van der Waals surface area contributed by atoms with Crippen LogP contribution in [0.5, 0.6) is 5.75 Å². The van der Waals surface area contributed by atoms with E-state index in [1.807, 2.05) is 18.2 Å². The molecule has 0 bridgehead atoms. The number of para-hydroxylation sites is 1. The van der Waals surface area contributed by atoms with Crippen molar-refractivity contribution in [2.24, 2.45) is 4.99 Å². The molecule has 2 aliphatic rings. The van der Waals surface area contributed by atoms with Gasteiger partial charge in [-0.15, -0.1) is 0 Å². The second-order valence-corrected chi connectivity index (χ2v) is 4.96. The molecule has 3 rings (SSSR count). The highest BCUT2D eigenvalue weighted by Crippen LogP contribution is 2.19. The van der Waals surface area contributed by atoms with E-state index in [9.17, 15) is 0 Å². The number of rotatable bonds is 5. The van der Waals surface area contributed by atoms with E-state index in [0.29, 0.717) is 6.61 Å². The summed E-state index contributed by atoms with van der Waals surface area (Å²) in [6.45, 7) is 7.06. The Kier molecular flexibility index (Phi) is 4.50. The highest BCUT2D eigenvalue weighted by Gasteiger charge is 2.14. The van der Waals surface area contributed by atoms with E-state index in [4.69, 9.17) is 9.47 Å². The van der Waals surface area contributed by atoms with Gasteiger partial charge in [0, 0.05) is 26.2 Å². The van der Waals surface area contributed by atoms with Crippen LogP contribution in [0.15, 0.2) is 29.3 Å². The van der Waals surface area contributed by atoms with Crippen molar-refractivity contribution in [1.29, 1.82) is 0 Å². The lowest BCUT2D eigenvalue weighted by molar-refractivity contribution is 0.0322. The van der Waals surface area contributed by atoms with Gasteiger partial charge in [-0.2, -0.15) is 0 Å². The highest BCUT2D eigenvalue weighted by molar-refractivity contribution is 6.02. The van der Waals surface area contributed by atoms with Crippen molar-refractivity contribution >= 4 is 5.84 Å². The van der Waals surface area contributed by atoms with Crippen LogP contribution in [0.4, 0.5) is 0 Å². The van der Waals surface area contributed by atoms with Crippen molar-refractivity contribution in [3.63, 3.8) is 0 Å². The Morgan fingerprint density at radius 1 is 1.25 bits per heavy atom. The van der Waals surface area contributed by atoms with Crippen LogP contribution in [-0.4, -0.2) is 63.3 Å². The molecule has 0 saturated carbocycles. The summed E-state index contributed by atoms with van der Waals surface area (Å²) in [5.74, 6) is 1.86. The standard InChI is InChI=1S/C15H21N3O2/c1-2-4-14(13(3-1)15-16-5-6-17-15)20-12-9-18-7-10-19-11-8-18/h1-4H,5-12H2,(H,16,17). The van der Waals surface area contributed by atoms with E-state index >= 15 is 0 Å². The molecule has 0 amide bonds. The highest BCUT2D eigenvalue weighted by atomic mass is 16.5. The van der Waals surface area contributed by atoms with Gasteiger partial charge in [0.25, 0.3) is 0 Å². The number of nitrogens with zero attached hydrogens (tertiary/aromatic N) is 2. The lowest BCUT2D eigenvalue weighted by Crippen LogP contribution is -2.38. The van der Waals surface area contributed by atoms with Gasteiger partial charge in [-0.05, 0) is 12.1 Å². The van der Waals surface area contributed by atoms with Gasteiger partial charge in [-0.25, -0.2) is 0 Å². The summed E-state index contributed by atoms with van der Waals surface area (Å²) in [4.78, 5) is 6.84. The smallest absolute Gasteiger partial charge is 0.132 e. The van der Waals surface area contributed by atoms with Crippen LogP contribution in [0, 0.1) is 0 Å². The molecular weight excluding hydrogens is 254 g/mol. The number of ether oxygens (including phenoxy) is 2. The molecule has 1 aromatic carbocycles. The Morgan fingerprint density at radius 3 is 2.90 bits per heavy atom. The largest absolute Gasteiger partial charge is 0.491 e.